The Kier molecular flexibility index (Phi) is 6.65. The minimum absolute atomic E-state index is 0.105. The van der Waals surface area contributed by atoms with Crippen LogP contribution in [0.4, 0.5) is 4.79 Å². The first-order valence-corrected chi connectivity index (χ1v) is 11.9. The third-order valence-electron chi connectivity index (χ3n) is 6.75. The lowest BCUT2D eigenvalue weighted by molar-refractivity contribution is -0.132. The fraction of sp³-hybridized carbons (Fsp3) is 0.429. The van der Waals surface area contributed by atoms with E-state index in [0.29, 0.717) is 13.1 Å². The Balaban J connectivity index is 1.71. The van der Waals surface area contributed by atoms with Gasteiger partial charge in [0.1, 0.15) is 5.60 Å². The van der Waals surface area contributed by atoms with Gasteiger partial charge in [-0.3, -0.25) is 14.6 Å². The van der Waals surface area contributed by atoms with E-state index in [2.05, 4.69) is 47.9 Å². The summed E-state index contributed by atoms with van der Waals surface area (Å²) in [6.07, 6.45) is 2.82. The lowest BCUT2D eigenvalue weighted by Crippen LogP contribution is -2.67. The topological polar surface area (TPSA) is 53.1 Å². The molecule has 1 fully saturated rings. The Labute approximate surface area is 202 Å². The van der Waals surface area contributed by atoms with Crippen LogP contribution in [0.5, 0.6) is 0 Å². The summed E-state index contributed by atoms with van der Waals surface area (Å²) in [6.45, 7) is 11.6. The smallest absolute Gasteiger partial charge is 0.418 e. The zero-order chi connectivity index (χ0) is 24.5. The Bertz CT molecular complexity index is 992. The molecule has 2 atom stereocenters. The van der Waals surface area contributed by atoms with Crippen LogP contribution < -0.4 is 0 Å². The van der Waals surface area contributed by atoms with Gasteiger partial charge in [-0.25, -0.2) is 9.69 Å². The number of imide groups is 1. The number of nitrogens with zero attached hydrogens (tertiary/aromatic N) is 3. The number of benzene rings is 2. The van der Waals surface area contributed by atoms with Gasteiger partial charge in [-0.2, -0.15) is 0 Å². The summed E-state index contributed by atoms with van der Waals surface area (Å²) >= 11 is 0. The fourth-order valence-corrected chi connectivity index (χ4v) is 4.91. The van der Waals surface area contributed by atoms with Crippen molar-refractivity contribution in [2.75, 3.05) is 19.8 Å². The van der Waals surface area contributed by atoms with Crippen molar-refractivity contribution in [2.24, 2.45) is 0 Å². The van der Waals surface area contributed by atoms with Crippen molar-refractivity contribution in [2.45, 2.75) is 57.8 Å². The molecule has 4 rings (SSSR count). The Morgan fingerprint density at radius 1 is 0.882 bits per heavy atom. The first kappa shape index (κ1) is 24.2. The standard InChI is InChI=1S/C28H35N3O3/c1-21(23-12-8-6-9-13-23)29-18-28(17-16-25(32)31(28)26(33)34-27(3,4)5)19-30(20-29)22(2)24-14-10-7-11-15-24/h6-17,21-22H,18-20H2,1-5H3/t21-,22-/m1/s1. The van der Waals surface area contributed by atoms with Crippen molar-refractivity contribution in [3.8, 4) is 0 Å². The highest BCUT2D eigenvalue weighted by atomic mass is 16.6. The lowest BCUT2D eigenvalue weighted by atomic mass is 9.92. The average molecular weight is 462 g/mol. The zero-order valence-electron chi connectivity index (χ0n) is 20.8. The summed E-state index contributed by atoms with van der Waals surface area (Å²) in [7, 11) is 0. The predicted octanol–water partition coefficient (Wildman–Crippen LogP) is 5.16. The molecule has 0 N–H and O–H groups in total. The van der Waals surface area contributed by atoms with Gasteiger partial charge in [-0.15, -0.1) is 0 Å². The van der Waals surface area contributed by atoms with Crippen molar-refractivity contribution in [3.05, 3.63) is 83.9 Å². The van der Waals surface area contributed by atoms with Crippen LogP contribution in [0, 0.1) is 0 Å². The average Bonchev–Trinajstić information content (AvgIpc) is 3.12. The third kappa shape index (κ3) is 4.93. The SMILES string of the molecule is C[C@H](c1ccccc1)N1CN([C@H](C)c2ccccc2)CC2(C=CC(=O)N2C(=O)OC(C)(C)C)C1. The van der Waals surface area contributed by atoms with Crippen molar-refractivity contribution in [3.63, 3.8) is 0 Å². The molecule has 2 aliphatic rings. The Morgan fingerprint density at radius 3 is 1.79 bits per heavy atom. The molecular formula is C28H35N3O3. The minimum atomic E-state index is -0.802. The summed E-state index contributed by atoms with van der Waals surface area (Å²) in [4.78, 5) is 32.2. The fourth-order valence-electron chi connectivity index (χ4n) is 4.91. The molecule has 2 amide bonds. The molecule has 6 heteroatoms. The molecule has 180 valence electrons. The van der Waals surface area contributed by atoms with Gasteiger partial charge in [-0.05, 0) is 45.7 Å². The molecule has 0 aromatic heterocycles. The zero-order valence-corrected chi connectivity index (χ0v) is 20.8. The van der Waals surface area contributed by atoms with Crippen LogP contribution in [0.3, 0.4) is 0 Å². The number of carbonyl (C=O) groups is 2. The molecule has 0 aliphatic carbocycles. The Morgan fingerprint density at radius 2 is 1.35 bits per heavy atom. The molecule has 34 heavy (non-hydrogen) atoms. The maximum absolute atomic E-state index is 13.2. The van der Waals surface area contributed by atoms with Gasteiger partial charge in [-0.1, -0.05) is 66.7 Å². The summed E-state index contributed by atoms with van der Waals surface area (Å²) in [6, 6.07) is 20.9. The molecule has 0 saturated carbocycles. The number of hydrogen-bond acceptors (Lipinski definition) is 5. The first-order chi connectivity index (χ1) is 16.1. The van der Waals surface area contributed by atoms with Crippen LogP contribution in [0.25, 0.3) is 0 Å². The van der Waals surface area contributed by atoms with E-state index >= 15 is 0 Å². The van der Waals surface area contributed by atoms with E-state index in [-0.39, 0.29) is 18.0 Å². The van der Waals surface area contributed by atoms with Gasteiger partial charge in [0.05, 0.1) is 12.2 Å². The summed E-state index contributed by atoms with van der Waals surface area (Å²) < 4.78 is 5.67. The summed E-state index contributed by atoms with van der Waals surface area (Å²) in [5, 5.41) is 0. The van der Waals surface area contributed by atoms with Crippen LogP contribution in [0.2, 0.25) is 0 Å². The molecule has 1 saturated heterocycles. The highest BCUT2D eigenvalue weighted by molar-refractivity contribution is 6.02. The lowest BCUT2D eigenvalue weighted by Gasteiger charge is -2.51. The molecule has 1 spiro atoms. The normalized spacial score (nSPS) is 20.5. The van der Waals surface area contributed by atoms with E-state index in [1.165, 1.54) is 22.1 Å². The van der Waals surface area contributed by atoms with Gasteiger partial charge >= 0.3 is 6.09 Å². The molecule has 2 aliphatic heterocycles. The minimum Gasteiger partial charge on any atom is -0.443 e. The highest BCUT2D eigenvalue weighted by Crippen LogP contribution is 2.37. The van der Waals surface area contributed by atoms with Crippen molar-refractivity contribution in [1.29, 1.82) is 0 Å². The van der Waals surface area contributed by atoms with Crippen LogP contribution in [-0.4, -0.2) is 57.6 Å². The highest BCUT2D eigenvalue weighted by Gasteiger charge is 2.52. The summed E-state index contributed by atoms with van der Waals surface area (Å²) in [5.41, 5.74) is 0.904. The molecule has 0 radical (unpaired) electrons. The molecule has 2 heterocycles. The number of rotatable bonds is 4. The van der Waals surface area contributed by atoms with Gasteiger partial charge in [0.15, 0.2) is 0 Å². The van der Waals surface area contributed by atoms with Crippen molar-refractivity contribution >= 4 is 12.0 Å². The van der Waals surface area contributed by atoms with E-state index in [4.69, 9.17) is 4.74 Å². The van der Waals surface area contributed by atoms with Gasteiger partial charge in [0.25, 0.3) is 5.91 Å². The van der Waals surface area contributed by atoms with Crippen molar-refractivity contribution < 1.29 is 14.3 Å². The van der Waals surface area contributed by atoms with E-state index in [1.54, 1.807) is 0 Å². The molecule has 2 aromatic carbocycles. The number of amides is 2. The van der Waals surface area contributed by atoms with Crippen LogP contribution in [0.15, 0.2) is 72.8 Å². The van der Waals surface area contributed by atoms with Crippen molar-refractivity contribution in [1.82, 2.24) is 14.7 Å². The molecule has 0 bridgehead atoms. The monoisotopic (exact) mass is 461 g/mol. The largest absolute Gasteiger partial charge is 0.443 e. The molecule has 2 aromatic rings. The van der Waals surface area contributed by atoms with Gasteiger partial charge in [0, 0.05) is 31.2 Å². The van der Waals surface area contributed by atoms with Crippen LogP contribution >= 0.6 is 0 Å². The second-order valence-corrected chi connectivity index (χ2v) is 10.4. The first-order valence-electron chi connectivity index (χ1n) is 11.9. The second kappa shape index (κ2) is 9.35. The Hall–Kier alpha value is -2.96. The second-order valence-electron chi connectivity index (χ2n) is 10.4. The van der Waals surface area contributed by atoms with Crippen LogP contribution in [0.1, 0.15) is 57.8 Å². The predicted molar refractivity (Wildman–Crippen MR) is 133 cm³/mol. The molecular weight excluding hydrogens is 426 g/mol. The summed E-state index contributed by atoms with van der Waals surface area (Å²) in [5.74, 6) is -0.323. The maximum Gasteiger partial charge on any atom is 0.418 e. The third-order valence-corrected chi connectivity index (χ3v) is 6.75. The van der Waals surface area contributed by atoms with Crippen LogP contribution in [-0.2, 0) is 9.53 Å². The maximum atomic E-state index is 13.2. The van der Waals surface area contributed by atoms with Gasteiger partial charge in [0.2, 0.25) is 0 Å². The van der Waals surface area contributed by atoms with E-state index in [0.717, 1.165) is 6.67 Å². The van der Waals surface area contributed by atoms with Gasteiger partial charge < -0.3 is 4.74 Å². The van der Waals surface area contributed by atoms with E-state index < -0.39 is 17.2 Å². The quantitative estimate of drug-likeness (QED) is 0.630. The molecule has 0 unspecified atom stereocenters. The molecule has 6 nitrogen and oxygen atoms in total. The number of carbonyl (C=O) groups excluding carboxylic acids is 2. The van der Waals surface area contributed by atoms with E-state index in [1.807, 2.05) is 63.2 Å². The number of hydrogen-bond donors (Lipinski definition) is 0. The van der Waals surface area contributed by atoms with E-state index in [9.17, 15) is 9.59 Å². The number of ether oxygens (including phenoxy) is 1.